The Kier molecular flexibility index (Phi) is 3.61. The average Bonchev–Trinajstić information content (AvgIpc) is 2.77. The van der Waals surface area contributed by atoms with Crippen molar-refractivity contribution in [3.05, 3.63) is 21.9 Å². The maximum absolute atomic E-state index is 12.2. The number of hydrogen-bond donors (Lipinski definition) is 1. The normalized spacial score (nSPS) is 17.8. The summed E-state index contributed by atoms with van der Waals surface area (Å²) in [6.07, 6.45) is 2.79. The SMILES string of the molecule is CCc1ccsc1C(=O)N1CCC(N)CC1. The van der Waals surface area contributed by atoms with Crippen LogP contribution < -0.4 is 5.73 Å². The molecule has 0 saturated carbocycles. The van der Waals surface area contributed by atoms with Crippen molar-refractivity contribution >= 4 is 17.2 Å². The molecule has 0 radical (unpaired) electrons. The first-order chi connectivity index (χ1) is 7.72. The molecule has 16 heavy (non-hydrogen) atoms. The van der Waals surface area contributed by atoms with Gasteiger partial charge in [-0.25, -0.2) is 0 Å². The Morgan fingerprint density at radius 2 is 2.25 bits per heavy atom. The summed E-state index contributed by atoms with van der Waals surface area (Å²) >= 11 is 1.55. The molecular formula is C12H18N2OS. The van der Waals surface area contributed by atoms with Crippen LogP contribution in [0.5, 0.6) is 0 Å². The van der Waals surface area contributed by atoms with Gasteiger partial charge in [0.2, 0.25) is 0 Å². The summed E-state index contributed by atoms with van der Waals surface area (Å²) in [5, 5.41) is 2.00. The summed E-state index contributed by atoms with van der Waals surface area (Å²) < 4.78 is 0. The van der Waals surface area contributed by atoms with Crippen molar-refractivity contribution in [3.63, 3.8) is 0 Å². The second-order valence-electron chi connectivity index (χ2n) is 4.26. The van der Waals surface area contributed by atoms with Gasteiger partial charge in [-0.3, -0.25) is 4.79 Å². The van der Waals surface area contributed by atoms with E-state index in [2.05, 4.69) is 6.92 Å². The predicted molar refractivity (Wildman–Crippen MR) is 66.8 cm³/mol. The van der Waals surface area contributed by atoms with Crippen LogP contribution in [0.25, 0.3) is 0 Å². The number of rotatable bonds is 2. The molecule has 1 saturated heterocycles. The van der Waals surface area contributed by atoms with E-state index in [4.69, 9.17) is 5.73 Å². The molecule has 1 aliphatic heterocycles. The molecule has 1 aromatic rings. The number of nitrogens with zero attached hydrogens (tertiary/aromatic N) is 1. The number of likely N-dealkylation sites (tertiary alicyclic amines) is 1. The van der Waals surface area contributed by atoms with Crippen molar-refractivity contribution in [1.82, 2.24) is 4.90 Å². The van der Waals surface area contributed by atoms with Crippen LogP contribution in [0.1, 0.15) is 35.0 Å². The van der Waals surface area contributed by atoms with Crippen molar-refractivity contribution in [1.29, 1.82) is 0 Å². The minimum atomic E-state index is 0.193. The molecule has 1 amide bonds. The van der Waals surface area contributed by atoms with Crippen LogP contribution in [0.2, 0.25) is 0 Å². The Morgan fingerprint density at radius 1 is 1.56 bits per heavy atom. The average molecular weight is 238 g/mol. The largest absolute Gasteiger partial charge is 0.338 e. The van der Waals surface area contributed by atoms with Crippen molar-refractivity contribution in [3.8, 4) is 0 Å². The number of carbonyl (C=O) groups excluding carboxylic acids is 1. The molecule has 2 rings (SSSR count). The van der Waals surface area contributed by atoms with E-state index in [0.717, 1.165) is 37.2 Å². The number of hydrogen-bond acceptors (Lipinski definition) is 3. The van der Waals surface area contributed by atoms with Crippen LogP contribution in [0.3, 0.4) is 0 Å². The van der Waals surface area contributed by atoms with Gasteiger partial charge >= 0.3 is 0 Å². The highest BCUT2D eigenvalue weighted by Gasteiger charge is 2.23. The fourth-order valence-corrected chi connectivity index (χ4v) is 3.01. The Morgan fingerprint density at radius 3 is 2.88 bits per heavy atom. The van der Waals surface area contributed by atoms with Gasteiger partial charge in [0.05, 0.1) is 4.88 Å². The lowest BCUT2D eigenvalue weighted by molar-refractivity contribution is 0.0718. The maximum atomic E-state index is 12.2. The fraction of sp³-hybridized carbons (Fsp3) is 0.583. The van der Waals surface area contributed by atoms with Gasteiger partial charge in [0.15, 0.2) is 0 Å². The fourth-order valence-electron chi connectivity index (χ4n) is 2.05. The van der Waals surface area contributed by atoms with E-state index < -0.39 is 0 Å². The lowest BCUT2D eigenvalue weighted by Gasteiger charge is -2.30. The molecule has 88 valence electrons. The van der Waals surface area contributed by atoms with Crippen molar-refractivity contribution < 1.29 is 4.79 Å². The van der Waals surface area contributed by atoms with E-state index in [-0.39, 0.29) is 11.9 Å². The van der Waals surface area contributed by atoms with Crippen LogP contribution in [-0.2, 0) is 6.42 Å². The van der Waals surface area contributed by atoms with Gasteiger partial charge in [0, 0.05) is 19.1 Å². The third kappa shape index (κ3) is 2.28. The molecule has 1 aliphatic rings. The van der Waals surface area contributed by atoms with Gasteiger partial charge in [-0.15, -0.1) is 11.3 Å². The highest BCUT2D eigenvalue weighted by molar-refractivity contribution is 7.12. The molecule has 0 spiro atoms. The number of carbonyl (C=O) groups is 1. The van der Waals surface area contributed by atoms with Gasteiger partial charge < -0.3 is 10.6 Å². The standard InChI is InChI=1S/C12H18N2OS/c1-2-9-5-8-16-11(9)12(15)14-6-3-10(13)4-7-14/h5,8,10H,2-4,6-7,13H2,1H3. The minimum absolute atomic E-state index is 0.193. The van der Waals surface area contributed by atoms with Crippen molar-refractivity contribution in [2.75, 3.05) is 13.1 Å². The molecule has 1 fully saturated rings. The molecular weight excluding hydrogens is 220 g/mol. The topological polar surface area (TPSA) is 46.3 Å². The zero-order chi connectivity index (χ0) is 11.5. The van der Waals surface area contributed by atoms with E-state index in [1.165, 1.54) is 5.56 Å². The lowest BCUT2D eigenvalue weighted by Crippen LogP contribution is -2.42. The van der Waals surface area contributed by atoms with E-state index >= 15 is 0 Å². The summed E-state index contributed by atoms with van der Waals surface area (Å²) in [5.74, 6) is 0.193. The molecule has 3 nitrogen and oxygen atoms in total. The summed E-state index contributed by atoms with van der Waals surface area (Å²) in [5.41, 5.74) is 7.01. The number of piperidine rings is 1. The van der Waals surface area contributed by atoms with E-state index in [9.17, 15) is 4.79 Å². The zero-order valence-electron chi connectivity index (χ0n) is 9.61. The van der Waals surface area contributed by atoms with Gasteiger partial charge in [-0.2, -0.15) is 0 Å². The first kappa shape index (κ1) is 11.6. The van der Waals surface area contributed by atoms with Crippen LogP contribution in [0.15, 0.2) is 11.4 Å². The summed E-state index contributed by atoms with van der Waals surface area (Å²) in [4.78, 5) is 15.1. The predicted octanol–water partition coefficient (Wildman–Crippen LogP) is 1.87. The Balaban J connectivity index is 2.07. The number of aryl methyl sites for hydroxylation is 1. The molecule has 0 aromatic carbocycles. The Bertz CT molecular complexity index is 367. The molecule has 0 aliphatic carbocycles. The van der Waals surface area contributed by atoms with Gasteiger partial charge in [0.1, 0.15) is 0 Å². The number of nitrogens with two attached hydrogens (primary N) is 1. The van der Waals surface area contributed by atoms with Crippen LogP contribution in [0, 0.1) is 0 Å². The second kappa shape index (κ2) is 4.97. The zero-order valence-corrected chi connectivity index (χ0v) is 10.4. The molecule has 0 unspecified atom stereocenters. The second-order valence-corrected chi connectivity index (χ2v) is 5.17. The van der Waals surface area contributed by atoms with E-state index in [1.807, 2.05) is 16.3 Å². The maximum Gasteiger partial charge on any atom is 0.264 e. The molecule has 0 bridgehead atoms. The molecule has 4 heteroatoms. The number of amides is 1. The lowest BCUT2D eigenvalue weighted by atomic mass is 10.1. The highest BCUT2D eigenvalue weighted by atomic mass is 32.1. The first-order valence-electron chi connectivity index (χ1n) is 5.83. The third-order valence-electron chi connectivity index (χ3n) is 3.15. The van der Waals surface area contributed by atoms with E-state index in [0.29, 0.717) is 0 Å². The van der Waals surface area contributed by atoms with Crippen molar-refractivity contribution in [2.24, 2.45) is 5.73 Å². The summed E-state index contributed by atoms with van der Waals surface area (Å²) in [6, 6.07) is 2.33. The molecule has 0 atom stereocenters. The summed E-state index contributed by atoms with van der Waals surface area (Å²) in [6.45, 7) is 3.70. The third-order valence-corrected chi connectivity index (χ3v) is 4.09. The van der Waals surface area contributed by atoms with E-state index in [1.54, 1.807) is 11.3 Å². The summed E-state index contributed by atoms with van der Waals surface area (Å²) in [7, 11) is 0. The van der Waals surface area contributed by atoms with Crippen LogP contribution >= 0.6 is 11.3 Å². The van der Waals surface area contributed by atoms with Gasteiger partial charge in [-0.1, -0.05) is 6.92 Å². The van der Waals surface area contributed by atoms with Gasteiger partial charge in [0.25, 0.3) is 5.91 Å². The number of thiophene rings is 1. The van der Waals surface area contributed by atoms with Crippen molar-refractivity contribution in [2.45, 2.75) is 32.2 Å². The monoisotopic (exact) mass is 238 g/mol. The quantitative estimate of drug-likeness (QED) is 0.855. The molecule has 2 N–H and O–H groups in total. The Hall–Kier alpha value is -0.870. The van der Waals surface area contributed by atoms with Gasteiger partial charge in [-0.05, 0) is 36.3 Å². The van der Waals surface area contributed by atoms with Crippen LogP contribution in [-0.4, -0.2) is 29.9 Å². The smallest absolute Gasteiger partial charge is 0.264 e. The minimum Gasteiger partial charge on any atom is -0.338 e. The molecule has 2 heterocycles. The first-order valence-corrected chi connectivity index (χ1v) is 6.71. The molecule has 1 aromatic heterocycles. The highest BCUT2D eigenvalue weighted by Crippen LogP contribution is 2.21. The Labute approximate surface area is 100 Å². The van der Waals surface area contributed by atoms with Crippen LogP contribution in [0.4, 0.5) is 0 Å².